The fraction of sp³-hybridized carbons (Fsp3) is 0.294. The van der Waals surface area contributed by atoms with Gasteiger partial charge in [0.2, 0.25) is 5.96 Å². The molecule has 2 N–H and O–H groups in total. The monoisotopic (exact) mass is 408 g/mol. The number of carbonyl (C=O) groups excluding carboxylic acids is 2. The van der Waals surface area contributed by atoms with E-state index >= 15 is 0 Å². The van der Waals surface area contributed by atoms with Gasteiger partial charge in [0.15, 0.2) is 12.2 Å². The van der Waals surface area contributed by atoms with Crippen molar-refractivity contribution in [2.45, 2.75) is 19.1 Å². The predicted octanol–water partition coefficient (Wildman–Crippen LogP) is 1.95. The molecule has 27 heavy (non-hydrogen) atoms. The number of halogens is 2. The highest BCUT2D eigenvalue weighted by molar-refractivity contribution is 6.30. The van der Waals surface area contributed by atoms with Gasteiger partial charge in [-0.1, -0.05) is 41.4 Å². The summed E-state index contributed by atoms with van der Waals surface area (Å²) in [6.45, 7) is 2.09. The first kappa shape index (κ1) is 19.2. The highest BCUT2D eigenvalue weighted by Gasteiger charge is 2.48. The maximum Gasteiger partial charge on any atom is 0.325 e. The molecule has 0 bridgehead atoms. The van der Waals surface area contributed by atoms with Crippen molar-refractivity contribution >= 4 is 47.3 Å². The molecule has 10 heteroatoms. The minimum absolute atomic E-state index is 0.342. The number of imide groups is 1. The van der Waals surface area contributed by atoms with E-state index in [1.54, 1.807) is 43.3 Å². The van der Waals surface area contributed by atoms with E-state index in [2.05, 4.69) is 20.8 Å². The molecule has 2 heterocycles. The van der Waals surface area contributed by atoms with Gasteiger partial charge in [-0.05, 0) is 24.6 Å². The SMILES string of the molecule is C/C(Cl)=C\CN1C(N/N=C/c2ccc(Cl)cc2)=NC2C1C(=O)NC(=O)N2C. The van der Waals surface area contributed by atoms with Crippen molar-refractivity contribution in [3.63, 3.8) is 0 Å². The van der Waals surface area contributed by atoms with E-state index in [9.17, 15) is 9.59 Å². The first-order chi connectivity index (χ1) is 12.9. The molecule has 2 aliphatic rings. The molecule has 0 radical (unpaired) electrons. The Hall–Kier alpha value is -2.58. The van der Waals surface area contributed by atoms with E-state index in [0.29, 0.717) is 22.6 Å². The van der Waals surface area contributed by atoms with Gasteiger partial charge in [-0.25, -0.2) is 15.2 Å². The van der Waals surface area contributed by atoms with Crippen molar-refractivity contribution in [3.8, 4) is 0 Å². The maximum absolute atomic E-state index is 12.4. The summed E-state index contributed by atoms with van der Waals surface area (Å²) < 4.78 is 0. The van der Waals surface area contributed by atoms with Gasteiger partial charge in [-0.2, -0.15) is 5.10 Å². The Kier molecular flexibility index (Phi) is 5.67. The maximum atomic E-state index is 12.4. The van der Waals surface area contributed by atoms with Gasteiger partial charge >= 0.3 is 6.03 Å². The molecule has 0 saturated carbocycles. The Morgan fingerprint density at radius 3 is 2.74 bits per heavy atom. The lowest BCUT2D eigenvalue weighted by molar-refractivity contribution is -0.126. The molecule has 142 valence electrons. The largest absolute Gasteiger partial charge is 0.325 e. The van der Waals surface area contributed by atoms with Crippen molar-refractivity contribution in [2.75, 3.05) is 13.6 Å². The van der Waals surface area contributed by atoms with Crippen LogP contribution in [0.2, 0.25) is 5.02 Å². The zero-order chi connectivity index (χ0) is 19.6. The standard InChI is InChI=1S/C17H18Cl2N6O2/c1-10(18)7-8-25-13-14(24(2)17(27)22-15(13)26)21-16(25)23-20-9-11-3-5-12(19)6-4-11/h3-7,9,13-14H,8H2,1-2H3,(H,21,23)(H,22,26,27)/b10-7+,20-9+. The molecule has 2 unspecified atom stereocenters. The summed E-state index contributed by atoms with van der Waals surface area (Å²) >= 11 is 11.8. The lowest BCUT2D eigenvalue weighted by atomic mass is 10.1. The number of aliphatic imine (C=N–C) groups is 1. The van der Waals surface area contributed by atoms with Crippen LogP contribution in [0.5, 0.6) is 0 Å². The van der Waals surface area contributed by atoms with Crippen LogP contribution in [0.1, 0.15) is 12.5 Å². The van der Waals surface area contributed by atoms with Crippen LogP contribution >= 0.6 is 23.2 Å². The zero-order valence-electron chi connectivity index (χ0n) is 14.7. The van der Waals surface area contributed by atoms with Crippen molar-refractivity contribution < 1.29 is 9.59 Å². The second-order valence-electron chi connectivity index (χ2n) is 6.08. The summed E-state index contributed by atoms with van der Waals surface area (Å²) in [5, 5.41) is 7.73. The van der Waals surface area contributed by atoms with Crippen LogP contribution in [0, 0.1) is 0 Å². The molecule has 2 aliphatic heterocycles. The van der Waals surface area contributed by atoms with Gasteiger partial charge in [0.1, 0.15) is 0 Å². The second kappa shape index (κ2) is 7.98. The molecular formula is C17H18Cl2N6O2. The van der Waals surface area contributed by atoms with Crippen LogP contribution < -0.4 is 10.7 Å². The number of likely N-dealkylation sites (N-methyl/N-ethyl adjacent to an activating group) is 1. The highest BCUT2D eigenvalue weighted by atomic mass is 35.5. The number of carbonyl (C=O) groups is 2. The van der Waals surface area contributed by atoms with Gasteiger partial charge in [0.25, 0.3) is 5.91 Å². The van der Waals surface area contributed by atoms with Crippen molar-refractivity contribution in [1.29, 1.82) is 0 Å². The summed E-state index contributed by atoms with van der Waals surface area (Å²) in [4.78, 5) is 31.8. The highest BCUT2D eigenvalue weighted by Crippen LogP contribution is 2.23. The number of benzene rings is 1. The van der Waals surface area contributed by atoms with Crippen LogP contribution in [-0.4, -0.2) is 59.7 Å². The molecule has 0 spiro atoms. The fourth-order valence-corrected chi connectivity index (χ4v) is 2.95. The number of hydrazone groups is 1. The number of amides is 3. The number of hydrogen-bond donors (Lipinski definition) is 2. The molecule has 3 amide bonds. The van der Waals surface area contributed by atoms with E-state index in [0.717, 1.165) is 5.56 Å². The van der Waals surface area contributed by atoms with Crippen molar-refractivity contribution in [3.05, 3.63) is 46.0 Å². The smallest absolute Gasteiger partial charge is 0.322 e. The van der Waals surface area contributed by atoms with Crippen LogP contribution in [0.4, 0.5) is 4.79 Å². The molecule has 1 aromatic carbocycles. The Labute approximate surface area is 166 Å². The van der Waals surface area contributed by atoms with E-state index in [1.165, 1.54) is 4.90 Å². The van der Waals surface area contributed by atoms with Crippen molar-refractivity contribution in [1.82, 2.24) is 20.5 Å². The minimum atomic E-state index is -0.659. The van der Waals surface area contributed by atoms with Gasteiger partial charge in [-0.3, -0.25) is 10.1 Å². The van der Waals surface area contributed by atoms with Crippen LogP contribution in [-0.2, 0) is 4.79 Å². The van der Waals surface area contributed by atoms with Gasteiger partial charge in [-0.15, -0.1) is 0 Å². The quantitative estimate of drug-likeness (QED) is 0.588. The Balaban J connectivity index is 1.81. The number of hydrogen-bond acceptors (Lipinski definition) is 6. The normalized spacial score (nSPS) is 22.8. The third-order valence-corrected chi connectivity index (χ3v) is 4.58. The van der Waals surface area contributed by atoms with Crippen molar-refractivity contribution in [2.24, 2.45) is 10.1 Å². The predicted molar refractivity (Wildman–Crippen MR) is 105 cm³/mol. The Morgan fingerprint density at radius 2 is 2.07 bits per heavy atom. The third kappa shape index (κ3) is 4.23. The van der Waals surface area contributed by atoms with Gasteiger partial charge in [0, 0.05) is 23.6 Å². The van der Waals surface area contributed by atoms with Crippen LogP contribution in [0.3, 0.4) is 0 Å². The number of rotatable bonds is 4. The number of nitrogens with one attached hydrogen (secondary N) is 2. The average Bonchev–Trinajstić information content (AvgIpc) is 2.99. The number of guanidine groups is 1. The fourth-order valence-electron chi connectivity index (χ4n) is 2.76. The topological polar surface area (TPSA) is 89.4 Å². The third-order valence-electron chi connectivity index (χ3n) is 4.18. The molecule has 1 fully saturated rings. The lowest BCUT2D eigenvalue weighted by Crippen LogP contribution is -2.64. The summed E-state index contributed by atoms with van der Waals surface area (Å²) in [7, 11) is 1.59. The minimum Gasteiger partial charge on any atom is -0.322 e. The molecule has 1 saturated heterocycles. The number of nitrogens with zero attached hydrogens (tertiary/aromatic N) is 4. The second-order valence-corrected chi connectivity index (χ2v) is 7.11. The number of urea groups is 1. The first-order valence-corrected chi connectivity index (χ1v) is 8.91. The molecule has 3 rings (SSSR count). The molecular weight excluding hydrogens is 391 g/mol. The van der Waals surface area contributed by atoms with Gasteiger partial charge in [0.05, 0.1) is 6.21 Å². The Morgan fingerprint density at radius 1 is 1.37 bits per heavy atom. The van der Waals surface area contributed by atoms with E-state index in [1.807, 2.05) is 12.1 Å². The summed E-state index contributed by atoms with van der Waals surface area (Å²) in [6, 6.07) is 6.02. The summed E-state index contributed by atoms with van der Waals surface area (Å²) in [5.74, 6) is -0.0352. The molecule has 8 nitrogen and oxygen atoms in total. The van der Waals surface area contributed by atoms with Crippen LogP contribution in [0.25, 0.3) is 0 Å². The lowest BCUT2D eigenvalue weighted by Gasteiger charge is -2.35. The van der Waals surface area contributed by atoms with Crippen LogP contribution in [0.15, 0.2) is 45.5 Å². The molecule has 2 atom stereocenters. The number of fused-ring (bicyclic) bond motifs is 1. The Bertz CT molecular complexity index is 832. The molecule has 0 aromatic heterocycles. The van der Waals surface area contributed by atoms with E-state index < -0.39 is 24.1 Å². The first-order valence-electron chi connectivity index (χ1n) is 8.16. The number of allylic oxidation sites excluding steroid dienone is 1. The summed E-state index contributed by atoms with van der Waals surface area (Å²) in [5.41, 5.74) is 3.70. The van der Waals surface area contributed by atoms with E-state index in [4.69, 9.17) is 23.2 Å². The molecule has 1 aromatic rings. The van der Waals surface area contributed by atoms with Gasteiger partial charge < -0.3 is 9.80 Å². The summed E-state index contributed by atoms with van der Waals surface area (Å²) in [6.07, 6.45) is 2.73. The average molecular weight is 409 g/mol. The zero-order valence-corrected chi connectivity index (χ0v) is 16.2. The molecule has 0 aliphatic carbocycles. The van der Waals surface area contributed by atoms with E-state index in [-0.39, 0.29) is 0 Å².